The van der Waals surface area contributed by atoms with Crippen LogP contribution in [0.25, 0.3) is 0 Å². The van der Waals surface area contributed by atoms with Gasteiger partial charge in [-0.15, -0.1) is 0 Å². The molecule has 1 saturated carbocycles. The maximum Gasteiger partial charge on any atom is 0.257 e. The third kappa shape index (κ3) is 3.77. The zero-order chi connectivity index (χ0) is 15.4. The third-order valence-corrected chi connectivity index (χ3v) is 4.08. The molecule has 2 N–H and O–H groups in total. The zero-order valence-corrected chi connectivity index (χ0v) is 12.9. The largest absolute Gasteiger partial charge is 0.381 e. The number of halogens is 1. The molecule has 0 bridgehead atoms. The Morgan fingerprint density at radius 3 is 2.55 bits per heavy atom. The Kier molecular flexibility index (Phi) is 4.59. The normalized spacial score (nSPS) is 14.8. The van der Waals surface area contributed by atoms with Gasteiger partial charge in [-0.1, -0.05) is 24.4 Å². The SMILES string of the molecule is O=C(Nc1ccc(Cl)cc1)c1cncc(NC2CCCC2)c1. The van der Waals surface area contributed by atoms with Gasteiger partial charge >= 0.3 is 0 Å². The number of pyridine rings is 1. The fourth-order valence-electron chi connectivity index (χ4n) is 2.69. The molecule has 0 saturated heterocycles. The number of hydrogen-bond donors (Lipinski definition) is 2. The van der Waals surface area contributed by atoms with Crippen molar-refractivity contribution < 1.29 is 4.79 Å². The van der Waals surface area contributed by atoms with Crippen molar-refractivity contribution in [2.24, 2.45) is 0 Å². The van der Waals surface area contributed by atoms with Crippen LogP contribution in [0.4, 0.5) is 11.4 Å². The number of rotatable bonds is 4. The molecule has 3 rings (SSSR count). The van der Waals surface area contributed by atoms with E-state index in [0.717, 1.165) is 5.69 Å². The summed E-state index contributed by atoms with van der Waals surface area (Å²) >= 11 is 5.84. The highest BCUT2D eigenvalue weighted by atomic mass is 35.5. The molecule has 2 aromatic rings. The Hall–Kier alpha value is -2.07. The molecule has 0 aliphatic heterocycles. The number of aromatic nitrogens is 1. The Morgan fingerprint density at radius 1 is 1.09 bits per heavy atom. The van der Waals surface area contributed by atoms with Crippen LogP contribution in [0.2, 0.25) is 5.02 Å². The Labute approximate surface area is 134 Å². The number of hydrogen-bond acceptors (Lipinski definition) is 3. The Bertz CT molecular complexity index is 651. The predicted octanol–water partition coefficient (Wildman–Crippen LogP) is 4.34. The summed E-state index contributed by atoms with van der Waals surface area (Å²) in [6.07, 6.45) is 8.23. The quantitative estimate of drug-likeness (QED) is 0.882. The van der Waals surface area contributed by atoms with Crippen molar-refractivity contribution in [3.05, 3.63) is 53.3 Å². The topological polar surface area (TPSA) is 54.0 Å². The van der Waals surface area contributed by atoms with E-state index in [-0.39, 0.29) is 5.91 Å². The number of carbonyl (C=O) groups excluding carboxylic acids is 1. The summed E-state index contributed by atoms with van der Waals surface area (Å²) in [5.41, 5.74) is 2.15. The second-order valence-electron chi connectivity index (χ2n) is 5.55. The molecule has 114 valence electrons. The van der Waals surface area contributed by atoms with Crippen LogP contribution in [0, 0.1) is 0 Å². The number of carbonyl (C=O) groups is 1. The molecule has 0 unspecified atom stereocenters. The van der Waals surface area contributed by atoms with E-state index in [4.69, 9.17) is 11.6 Å². The van der Waals surface area contributed by atoms with Crippen molar-refractivity contribution >= 4 is 28.9 Å². The highest BCUT2D eigenvalue weighted by Gasteiger charge is 2.15. The molecule has 1 heterocycles. The second-order valence-corrected chi connectivity index (χ2v) is 5.99. The van der Waals surface area contributed by atoms with E-state index in [9.17, 15) is 4.79 Å². The summed E-state index contributed by atoms with van der Waals surface area (Å²) in [7, 11) is 0. The van der Waals surface area contributed by atoms with Gasteiger partial charge in [0.15, 0.2) is 0 Å². The molecule has 1 amide bonds. The smallest absolute Gasteiger partial charge is 0.257 e. The van der Waals surface area contributed by atoms with Gasteiger partial charge in [0.05, 0.1) is 11.3 Å². The van der Waals surface area contributed by atoms with Crippen molar-refractivity contribution in [1.29, 1.82) is 0 Å². The zero-order valence-electron chi connectivity index (χ0n) is 12.2. The van der Waals surface area contributed by atoms with Crippen LogP contribution in [-0.2, 0) is 0 Å². The van der Waals surface area contributed by atoms with E-state index in [1.165, 1.54) is 25.7 Å². The summed E-state index contributed by atoms with van der Waals surface area (Å²) in [6.45, 7) is 0. The molecular formula is C17H18ClN3O. The number of anilines is 2. The van der Waals surface area contributed by atoms with Gasteiger partial charge in [-0.2, -0.15) is 0 Å². The second kappa shape index (κ2) is 6.79. The summed E-state index contributed by atoms with van der Waals surface area (Å²) in [4.78, 5) is 16.4. The van der Waals surface area contributed by atoms with Crippen LogP contribution in [0.15, 0.2) is 42.7 Å². The number of benzene rings is 1. The molecule has 4 nitrogen and oxygen atoms in total. The summed E-state index contributed by atoms with van der Waals surface area (Å²) < 4.78 is 0. The molecule has 1 aromatic heterocycles. The Morgan fingerprint density at radius 2 is 1.82 bits per heavy atom. The van der Waals surface area contributed by atoms with Crippen LogP contribution in [-0.4, -0.2) is 16.9 Å². The first-order valence-electron chi connectivity index (χ1n) is 7.49. The molecular weight excluding hydrogens is 298 g/mol. The van der Waals surface area contributed by atoms with E-state index >= 15 is 0 Å². The first-order valence-corrected chi connectivity index (χ1v) is 7.87. The highest BCUT2D eigenvalue weighted by molar-refractivity contribution is 6.30. The lowest BCUT2D eigenvalue weighted by Gasteiger charge is -2.13. The minimum atomic E-state index is -0.176. The van der Waals surface area contributed by atoms with Crippen molar-refractivity contribution in [2.75, 3.05) is 10.6 Å². The van der Waals surface area contributed by atoms with Gasteiger partial charge in [-0.25, -0.2) is 0 Å². The van der Waals surface area contributed by atoms with Gasteiger partial charge < -0.3 is 10.6 Å². The van der Waals surface area contributed by atoms with E-state index in [0.29, 0.717) is 22.3 Å². The average molecular weight is 316 g/mol. The van der Waals surface area contributed by atoms with Gasteiger partial charge in [0.2, 0.25) is 0 Å². The minimum absolute atomic E-state index is 0.176. The van der Waals surface area contributed by atoms with Gasteiger partial charge in [-0.05, 0) is 43.2 Å². The minimum Gasteiger partial charge on any atom is -0.381 e. The van der Waals surface area contributed by atoms with Crippen LogP contribution in [0.1, 0.15) is 36.0 Å². The van der Waals surface area contributed by atoms with Gasteiger partial charge in [0, 0.05) is 29.1 Å². The van der Waals surface area contributed by atoms with Crippen molar-refractivity contribution in [2.45, 2.75) is 31.7 Å². The molecule has 1 aromatic carbocycles. The van der Waals surface area contributed by atoms with Crippen molar-refractivity contribution in [3.8, 4) is 0 Å². The first kappa shape index (κ1) is 14.9. The maximum atomic E-state index is 12.3. The number of nitrogens with zero attached hydrogens (tertiary/aromatic N) is 1. The van der Waals surface area contributed by atoms with Crippen LogP contribution >= 0.6 is 11.6 Å². The molecule has 1 fully saturated rings. The highest BCUT2D eigenvalue weighted by Crippen LogP contribution is 2.22. The van der Waals surface area contributed by atoms with Crippen LogP contribution in [0.3, 0.4) is 0 Å². The number of nitrogens with one attached hydrogen (secondary N) is 2. The lowest BCUT2D eigenvalue weighted by atomic mass is 10.2. The summed E-state index contributed by atoms with van der Waals surface area (Å²) in [5, 5.41) is 6.93. The summed E-state index contributed by atoms with van der Waals surface area (Å²) in [6, 6.07) is 9.37. The monoisotopic (exact) mass is 315 g/mol. The van der Waals surface area contributed by atoms with Gasteiger partial charge in [0.25, 0.3) is 5.91 Å². The number of amides is 1. The van der Waals surface area contributed by atoms with E-state index in [1.54, 1.807) is 36.7 Å². The van der Waals surface area contributed by atoms with E-state index in [2.05, 4.69) is 15.6 Å². The molecule has 1 aliphatic carbocycles. The molecule has 0 radical (unpaired) electrons. The molecule has 22 heavy (non-hydrogen) atoms. The predicted molar refractivity (Wildman–Crippen MR) is 89.5 cm³/mol. The fraction of sp³-hybridized carbons (Fsp3) is 0.294. The molecule has 0 spiro atoms. The molecule has 1 aliphatic rings. The fourth-order valence-corrected chi connectivity index (χ4v) is 2.81. The first-order chi connectivity index (χ1) is 10.7. The van der Waals surface area contributed by atoms with E-state index < -0.39 is 0 Å². The maximum absolute atomic E-state index is 12.3. The third-order valence-electron chi connectivity index (χ3n) is 3.83. The van der Waals surface area contributed by atoms with Crippen LogP contribution in [0.5, 0.6) is 0 Å². The summed E-state index contributed by atoms with van der Waals surface area (Å²) in [5.74, 6) is -0.176. The standard InChI is InChI=1S/C17H18ClN3O/c18-13-5-7-15(8-6-13)21-17(22)12-9-16(11-19-10-12)20-14-3-1-2-4-14/h5-11,14,20H,1-4H2,(H,21,22). The molecule has 5 heteroatoms. The average Bonchev–Trinajstić information content (AvgIpc) is 3.03. The van der Waals surface area contributed by atoms with Crippen molar-refractivity contribution in [3.63, 3.8) is 0 Å². The Balaban J connectivity index is 1.67. The lowest BCUT2D eigenvalue weighted by molar-refractivity contribution is 0.102. The van der Waals surface area contributed by atoms with Gasteiger partial charge in [-0.3, -0.25) is 9.78 Å². The van der Waals surface area contributed by atoms with Crippen molar-refractivity contribution in [1.82, 2.24) is 4.98 Å². The molecule has 0 atom stereocenters. The lowest BCUT2D eigenvalue weighted by Crippen LogP contribution is -2.16. The van der Waals surface area contributed by atoms with Crippen LogP contribution < -0.4 is 10.6 Å². The van der Waals surface area contributed by atoms with E-state index in [1.807, 2.05) is 6.07 Å². The van der Waals surface area contributed by atoms with Gasteiger partial charge in [0.1, 0.15) is 0 Å².